The Bertz CT molecular complexity index is 1450. The topological polar surface area (TPSA) is 239 Å². The van der Waals surface area contributed by atoms with E-state index >= 15 is 0 Å². The highest BCUT2D eigenvalue weighted by molar-refractivity contribution is 9.12. The van der Waals surface area contributed by atoms with E-state index < -0.39 is 23.6 Å². The molecule has 3 aromatic heterocycles. The second kappa shape index (κ2) is 11.5. The van der Waals surface area contributed by atoms with Gasteiger partial charge in [-0.15, -0.1) is 0 Å². The number of anilines is 3. The number of amides is 4. The Labute approximate surface area is 224 Å². The molecule has 16 heteroatoms. The fraction of sp³-hybridized carbons (Fsp3) is 0.227. The molecule has 15 nitrogen and oxygen atoms in total. The van der Waals surface area contributed by atoms with Gasteiger partial charge in [0.15, 0.2) is 17.5 Å². The predicted molar refractivity (Wildman–Crippen MR) is 144 cm³/mol. The fourth-order valence-electron chi connectivity index (χ4n) is 3.22. The van der Waals surface area contributed by atoms with Gasteiger partial charge in [0.1, 0.15) is 11.4 Å². The summed E-state index contributed by atoms with van der Waals surface area (Å²) in [7, 11) is 0. The number of nitrogens with zero attached hydrogens (tertiary/aromatic N) is 2. The van der Waals surface area contributed by atoms with E-state index in [1.807, 2.05) is 0 Å². The summed E-state index contributed by atoms with van der Waals surface area (Å²) >= 11 is 2.97. The van der Waals surface area contributed by atoms with E-state index in [1.165, 1.54) is 6.20 Å². The highest BCUT2D eigenvalue weighted by Gasteiger charge is 2.22. The first-order valence-corrected chi connectivity index (χ1v) is 11.9. The Morgan fingerprint density at radius 1 is 1.03 bits per heavy atom. The number of H-pyrrole nitrogens is 3. The van der Waals surface area contributed by atoms with Gasteiger partial charge in [-0.05, 0) is 36.7 Å². The van der Waals surface area contributed by atoms with Crippen LogP contribution in [0.3, 0.4) is 0 Å². The van der Waals surface area contributed by atoms with Gasteiger partial charge in [0.2, 0.25) is 0 Å². The van der Waals surface area contributed by atoms with Crippen LogP contribution in [-0.4, -0.2) is 61.2 Å². The van der Waals surface area contributed by atoms with E-state index in [1.54, 1.807) is 20.8 Å². The molecule has 0 aliphatic carbocycles. The van der Waals surface area contributed by atoms with Gasteiger partial charge in [0, 0.05) is 30.3 Å². The largest absolute Gasteiger partial charge is 0.388 e. The summed E-state index contributed by atoms with van der Waals surface area (Å²) in [6.07, 6.45) is 1.69. The lowest BCUT2D eigenvalue weighted by Crippen LogP contribution is -2.28. The van der Waals surface area contributed by atoms with Crippen LogP contribution in [0.5, 0.6) is 0 Å². The van der Waals surface area contributed by atoms with Crippen LogP contribution in [0, 0.1) is 26.2 Å². The number of hydrogen-bond donors (Lipinski definition) is 9. The quantitative estimate of drug-likeness (QED) is 0.0965. The monoisotopic (exact) mass is 587 g/mol. The maximum Gasteiger partial charge on any atom is 0.292 e. The van der Waals surface area contributed by atoms with Crippen LogP contribution in [-0.2, 0) is 4.79 Å². The van der Waals surface area contributed by atoms with Gasteiger partial charge >= 0.3 is 0 Å². The molecule has 0 saturated carbocycles. The van der Waals surface area contributed by atoms with Crippen LogP contribution in [0.15, 0.2) is 17.3 Å². The highest BCUT2D eigenvalue weighted by atomic mass is 79.9. The third kappa shape index (κ3) is 6.33. The molecule has 10 N–H and O–H groups in total. The third-order valence-electron chi connectivity index (χ3n) is 5.34. The summed E-state index contributed by atoms with van der Waals surface area (Å²) in [5.41, 5.74) is 7.31. The summed E-state index contributed by atoms with van der Waals surface area (Å²) in [5, 5.41) is 24.2. The normalized spacial score (nSPS) is 10.5. The first-order valence-electron chi connectivity index (χ1n) is 11.1. The highest BCUT2D eigenvalue weighted by Crippen LogP contribution is 2.22. The number of rotatable bonds is 10. The maximum absolute atomic E-state index is 12.9. The van der Waals surface area contributed by atoms with Gasteiger partial charge in [0.25, 0.3) is 23.6 Å². The van der Waals surface area contributed by atoms with E-state index in [0.29, 0.717) is 22.5 Å². The van der Waals surface area contributed by atoms with E-state index in [4.69, 9.17) is 11.1 Å². The molecule has 3 aromatic rings. The van der Waals surface area contributed by atoms with Crippen molar-refractivity contribution in [2.75, 3.05) is 22.5 Å². The predicted octanol–water partition coefficient (Wildman–Crippen LogP) is 1.79. The molecule has 0 saturated heterocycles. The minimum absolute atomic E-state index is 0.0404. The van der Waals surface area contributed by atoms with Gasteiger partial charge in [-0.1, -0.05) is 6.58 Å². The number of halogens is 1. The number of amidine groups is 1. The number of nitrogens with one attached hydrogen (secondary N) is 8. The van der Waals surface area contributed by atoms with Gasteiger partial charge in [0.05, 0.1) is 21.7 Å². The number of nitrogens with two attached hydrogens (primary N) is 1. The maximum atomic E-state index is 12.9. The number of aryl methyl sites for hydroxylation is 1. The Kier molecular flexibility index (Phi) is 8.46. The lowest BCUT2D eigenvalue weighted by Gasteiger charge is -2.06. The zero-order valence-corrected chi connectivity index (χ0v) is 22.3. The van der Waals surface area contributed by atoms with Crippen molar-refractivity contribution in [1.82, 2.24) is 30.5 Å². The smallest absolute Gasteiger partial charge is 0.292 e. The van der Waals surface area contributed by atoms with Crippen molar-refractivity contribution >= 4 is 62.7 Å². The molecule has 0 atom stereocenters. The van der Waals surface area contributed by atoms with Crippen LogP contribution in [0.1, 0.15) is 54.8 Å². The molecule has 0 spiro atoms. The Hall–Kier alpha value is -4.73. The zero-order valence-electron chi connectivity index (χ0n) is 20.7. The number of aromatic nitrogens is 5. The number of imidazole rings is 1. The van der Waals surface area contributed by atoms with E-state index in [0.717, 1.165) is 0 Å². The first kappa shape index (κ1) is 27.9. The van der Waals surface area contributed by atoms with Crippen molar-refractivity contribution in [3.8, 4) is 0 Å². The van der Waals surface area contributed by atoms with Crippen LogP contribution in [0.25, 0.3) is 0 Å². The number of carbonyl (C=O) groups excluding carboxylic acids is 4. The summed E-state index contributed by atoms with van der Waals surface area (Å²) in [5.74, 6) is -1.96. The SMILES string of the molecule is C=C(Br)C(=O)Nc1nc(C(=O)Nc2n[nH]c(C(=O)Nc3c[nH]c(C(=O)NCCC(=N)N)c3C)c2C)[nH]c1C. The number of carbonyl (C=O) groups is 4. The molecule has 0 bridgehead atoms. The summed E-state index contributed by atoms with van der Waals surface area (Å²) in [4.78, 5) is 59.4. The van der Waals surface area contributed by atoms with Crippen molar-refractivity contribution < 1.29 is 19.2 Å². The van der Waals surface area contributed by atoms with Crippen LogP contribution >= 0.6 is 15.9 Å². The van der Waals surface area contributed by atoms with E-state index in [-0.39, 0.29) is 52.1 Å². The van der Waals surface area contributed by atoms with Crippen LogP contribution < -0.4 is 27.0 Å². The molecule has 0 aliphatic rings. The minimum atomic E-state index is -0.644. The van der Waals surface area contributed by atoms with Crippen molar-refractivity contribution in [1.29, 1.82) is 5.41 Å². The molecule has 0 unspecified atom stereocenters. The van der Waals surface area contributed by atoms with Crippen LogP contribution in [0.2, 0.25) is 0 Å². The lowest BCUT2D eigenvalue weighted by molar-refractivity contribution is -0.112. The number of hydrogen-bond acceptors (Lipinski definition) is 7. The van der Waals surface area contributed by atoms with Gasteiger partial charge < -0.3 is 37.0 Å². The van der Waals surface area contributed by atoms with Crippen molar-refractivity contribution in [2.24, 2.45) is 5.73 Å². The first-order chi connectivity index (χ1) is 17.9. The van der Waals surface area contributed by atoms with Crippen LogP contribution in [0.4, 0.5) is 17.3 Å². The Morgan fingerprint density at radius 2 is 1.74 bits per heavy atom. The summed E-state index contributed by atoms with van der Waals surface area (Å²) in [6.45, 7) is 8.56. The molecule has 200 valence electrons. The molecule has 0 aromatic carbocycles. The van der Waals surface area contributed by atoms with Crippen molar-refractivity contribution in [2.45, 2.75) is 27.2 Å². The standard InChI is InChI=1S/C22H26BrN11O4/c1-8-12(7-27-14(8)20(36)26-6-5-13(24)25)29-21(37)15-9(2)16(34-33-15)31-22(38)18-28-11(4)17(30-18)32-19(35)10(3)23/h7,27H,3,5-6H2,1-2,4H3,(H3,24,25)(H,26,36)(H,28,30)(H,29,37)(H,32,35)(H2,31,33,34,38). The Balaban J connectivity index is 1.67. The molecule has 0 radical (unpaired) electrons. The van der Waals surface area contributed by atoms with E-state index in [2.05, 4.69) is 68.9 Å². The average molecular weight is 588 g/mol. The second-order valence-electron chi connectivity index (χ2n) is 8.13. The van der Waals surface area contributed by atoms with Gasteiger partial charge in [-0.3, -0.25) is 29.7 Å². The molecule has 38 heavy (non-hydrogen) atoms. The zero-order chi connectivity index (χ0) is 28.1. The van der Waals surface area contributed by atoms with Gasteiger partial charge in [-0.2, -0.15) is 5.10 Å². The molecular formula is C22H26BrN11O4. The van der Waals surface area contributed by atoms with Crippen molar-refractivity contribution in [3.63, 3.8) is 0 Å². The number of aromatic amines is 3. The average Bonchev–Trinajstić information content (AvgIpc) is 3.51. The Morgan fingerprint density at radius 3 is 2.39 bits per heavy atom. The molecular weight excluding hydrogens is 562 g/mol. The summed E-state index contributed by atoms with van der Waals surface area (Å²) in [6, 6.07) is 0. The molecule has 3 rings (SSSR count). The van der Waals surface area contributed by atoms with E-state index in [9.17, 15) is 19.2 Å². The lowest BCUT2D eigenvalue weighted by atomic mass is 10.2. The minimum Gasteiger partial charge on any atom is -0.388 e. The van der Waals surface area contributed by atoms with Gasteiger partial charge in [-0.25, -0.2) is 4.98 Å². The molecule has 0 aliphatic heterocycles. The second-order valence-corrected chi connectivity index (χ2v) is 9.09. The third-order valence-corrected chi connectivity index (χ3v) is 5.70. The molecule has 4 amide bonds. The molecule has 0 fully saturated rings. The molecule has 3 heterocycles. The summed E-state index contributed by atoms with van der Waals surface area (Å²) < 4.78 is 0.0999. The van der Waals surface area contributed by atoms with Crippen molar-refractivity contribution in [3.05, 3.63) is 51.3 Å². The fourth-order valence-corrected chi connectivity index (χ4v) is 3.32.